The van der Waals surface area contributed by atoms with Gasteiger partial charge in [0.15, 0.2) is 0 Å². The summed E-state index contributed by atoms with van der Waals surface area (Å²) >= 11 is 1.54. The maximum atomic E-state index is 6.05. The van der Waals surface area contributed by atoms with Crippen LogP contribution in [0.5, 0.6) is 0 Å². The molecule has 0 radical (unpaired) electrons. The lowest BCUT2D eigenvalue weighted by Crippen LogP contribution is -2.46. The average Bonchev–Trinajstić information content (AvgIpc) is 2.95. The van der Waals surface area contributed by atoms with Gasteiger partial charge in [-0.3, -0.25) is 0 Å². The third-order valence-corrected chi connectivity index (χ3v) is 4.13. The molecule has 16 heavy (non-hydrogen) atoms. The van der Waals surface area contributed by atoms with Gasteiger partial charge in [0.2, 0.25) is 5.13 Å². The van der Waals surface area contributed by atoms with Gasteiger partial charge in [-0.25, -0.2) is 4.98 Å². The van der Waals surface area contributed by atoms with Crippen LogP contribution in [0.1, 0.15) is 37.9 Å². The van der Waals surface area contributed by atoms with Gasteiger partial charge in [0.25, 0.3) is 0 Å². The summed E-state index contributed by atoms with van der Waals surface area (Å²) in [4.78, 5) is 6.95. The number of hydrogen-bond donors (Lipinski definition) is 1. The van der Waals surface area contributed by atoms with Crippen molar-refractivity contribution in [3.05, 3.63) is 5.82 Å². The second kappa shape index (κ2) is 3.96. The van der Waals surface area contributed by atoms with E-state index < -0.39 is 0 Å². The Morgan fingerprint density at radius 2 is 2.19 bits per heavy atom. The molecule has 2 atom stereocenters. The Kier molecular flexibility index (Phi) is 2.59. The van der Waals surface area contributed by atoms with Gasteiger partial charge in [-0.2, -0.15) is 4.37 Å². The van der Waals surface area contributed by atoms with Crippen molar-refractivity contribution in [2.45, 2.75) is 38.1 Å². The van der Waals surface area contributed by atoms with Crippen LogP contribution < -0.4 is 10.6 Å². The van der Waals surface area contributed by atoms with Gasteiger partial charge in [-0.1, -0.05) is 6.92 Å². The van der Waals surface area contributed by atoms with Crippen LogP contribution in [0.2, 0.25) is 0 Å². The minimum absolute atomic E-state index is 0.289. The molecule has 2 fully saturated rings. The Morgan fingerprint density at radius 1 is 1.38 bits per heavy atom. The number of anilines is 1. The molecule has 1 aliphatic heterocycles. The van der Waals surface area contributed by atoms with E-state index >= 15 is 0 Å². The minimum atomic E-state index is 0.289. The van der Waals surface area contributed by atoms with Crippen molar-refractivity contribution in [2.75, 3.05) is 18.0 Å². The fourth-order valence-electron chi connectivity index (χ4n) is 2.42. The summed E-state index contributed by atoms with van der Waals surface area (Å²) in [6, 6.07) is 0.289. The van der Waals surface area contributed by atoms with E-state index in [-0.39, 0.29) is 6.04 Å². The molecule has 2 heterocycles. The Morgan fingerprint density at radius 3 is 2.88 bits per heavy atom. The molecule has 2 aliphatic rings. The summed E-state index contributed by atoms with van der Waals surface area (Å²) in [5.41, 5.74) is 6.05. The average molecular weight is 238 g/mol. The van der Waals surface area contributed by atoms with E-state index in [1.165, 1.54) is 24.4 Å². The van der Waals surface area contributed by atoms with Crippen LogP contribution >= 0.6 is 11.5 Å². The van der Waals surface area contributed by atoms with Gasteiger partial charge in [0.1, 0.15) is 5.82 Å². The highest BCUT2D eigenvalue weighted by Crippen LogP contribution is 2.40. The normalized spacial score (nSPS) is 30.8. The highest BCUT2D eigenvalue weighted by Gasteiger charge is 2.30. The maximum absolute atomic E-state index is 6.05. The molecule has 1 aromatic heterocycles. The molecule has 2 unspecified atom stereocenters. The molecule has 1 saturated carbocycles. The molecule has 5 heteroatoms. The van der Waals surface area contributed by atoms with Gasteiger partial charge >= 0.3 is 0 Å². The van der Waals surface area contributed by atoms with Crippen molar-refractivity contribution >= 4 is 16.7 Å². The summed E-state index contributed by atoms with van der Waals surface area (Å²) in [5.74, 6) is 2.38. The molecular weight excluding hydrogens is 220 g/mol. The number of rotatable bonds is 2. The second-order valence-electron chi connectivity index (χ2n) is 5.22. The number of piperidine rings is 1. The summed E-state index contributed by atoms with van der Waals surface area (Å²) in [5, 5.41) is 1.07. The van der Waals surface area contributed by atoms with Crippen LogP contribution in [0.25, 0.3) is 0 Å². The van der Waals surface area contributed by atoms with Crippen LogP contribution in [0, 0.1) is 5.92 Å². The molecule has 88 valence electrons. The molecule has 0 aromatic carbocycles. The molecule has 2 N–H and O–H groups in total. The van der Waals surface area contributed by atoms with E-state index in [0.29, 0.717) is 11.8 Å². The summed E-state index contributed by atoms with van der Waals surface area (Å²) in [6.07, 6.45) is 3.67. The Balaban J connectivity index is 1.74. The third-order valence-electron chi connectivity index (χ3n) is 3.34. The summed E-state index contributed by atoms with van der Waals surface area (Å²) in [7, 11) is 0. The van der Waals surface area contributed by atoms with Crippen molar-refractivity contribution < 1.29 is 0 Å². The smallest absolute Gasteiger partial charge is 0.205 e. The van der Waals surface area contributed by atoms with E-state index in [0.717, 1.165) is 30.5 Å². The van der Waals surface area contributed by atoms with Crippen molar-refractivity contribution in [1.29, 1.82) is 0 Å². The first-order chi connectivity index (χ1) is 7.72. The third kappa shape index (κ3) is 2.06. The van der Waals surface area contributed by atoms with Gasteiger partial charge in [0, 0.05) is 36.6 Å². The van der Waals surface area contributed by atoms with Gasteiger partial charge < -0.3 is 10.6 Å². The fourth-order valence-corrected chi connectivity index (χ4v) is 3.18. The van der Waals surface area contributed by atoms with Crippen LogP contribution in [-0.4, -0.2) is 28.5 Å². The van der Waals surface area contributed by atoms with E-state index in [1.807, 2.05) is 0 Å². The quantitative estimate of drug-likeness (QED) is 0.850. The van der Waals surface area contributed by atoms with Crippen LogP contribution in [0.4, 0.5) is 5.13 Å². The number of nitrogens with two attached hydrogens (primary N) is 1. The van der Waals surface area contributed by atoms with Crippen molar-refractivity contribution in [3.63, 3.8) is 0 Å². The number of nitrogens with zero attached hydrogens (tertiary/aromatic N) is 3. The highest BCUT2D eigenvalue weighted by molar-refractivity contribution is 7.09. The zero-order valence-electron chi connectivity index (χ0n) is 9.59. The largest absolute Gasteiger partial charge is 0.345 e. The van der Waals surface area contributed by atoms with Crippen molar-refractivity contribution in [1.82, 2.24) is 9.36 Å². The molecule has 1 aromatic rings. The topological polar surface area (TPSA) is 55.0 Å². The van der Waals surface area contributed by atoms with Crippen LogP contribution in [-0.2, 0) is 0 Å². The lowest BCUT2D eigenvalue weighted by Gasteiger charge is -2.34. The molecule has 3 rings (SSSR count). The molecule has 1 aliphatic carbocycles. The molecule has 0 bridgehead atoms. The molecule has 0 spiro atoms. The number of aromatic nitrogens is 2. The van der Waals surface area contributed by atoms with E-state index in [2.05, 4.69) is 21.2 Å². The Labute approximate surface area is 100 Å². The van der Waals surface area contributed by atoms with Gasteiger partial charge in [-0.05, 0) is 25.2 Å². The standard InChI is InChI=1S/C11H18N4S/c1-7-4-9(12)6-15(5-7)11-13-10(14-16-11)8-2-3-8/h7-9H,2-6,12H2,1H3. The zero-order valence-corrected chi connectivity index (χ0v) is 10.4. The maximum Gasteiger partial charge on any atom is 0.205 e. The summed E-state index contributed by atoms with van der Waals surface area (Å²) < 4.78 is 4.45. The predicted octanol–water partition coefficient (Wildman–Crippen LogP) is 1.59. The van der Waals surface area contributed by atoms with E-state index in [1.54, 1.807) is 0 Å². The lowest BCUT2D eigenvalue weighted by atomic mass is 9.97. The van der Waals surface area contributed by atoms with Crippen molar-refractivity contribution in [2.24, 2.45) is 11.7 Å². The van der Waals surface area contributed by atoms with Gasteiger partial charge in [-0.15, -0.1) is 0 Å². The van der Waals surface area contributed by atoms with Crippen LogP contribution in [0.3, 0.4) is 0 Å². The van der Waals surface area contributed by atoms with Gasteiger partial charge in [0.05, 0.1) is 0 Å². The highest BCUT2D eigenvalue weighted by atomic mass is 32.1. The molecule has 1 saturated heterocycles. The van der Waals surface area contributed by atoms with E-state index in [9.17, 15) is 0 Å². The molecule has 4 nitrogen and oxygen atoms in total. The first-order valence-electron chi connectivity index (χ1n) is 6.06. The Bertz CT molecular complexity index is 364. The Hall–Kier alpha value is -0.680. The van der Waals surface area contributed by atoms with E-state index in [4.69, 9.17) is 5.73 Å². The first kappa shape index (κ1) is 10.5. The predicted molar refractivity (Wildman–Crippen MR) is 65.9 cm³/mol. The van der Waals surface area contributed by atoms with Crippen molar-refractivity contribution in [3.8, 4) is 0 Å². The molecule has 0 amide bonds. The van der Waals surface area contributed by atoms with Crippen LogP contribution in [0.15, 0.2) is 0 Å². The SMILES string of the molecule is CC1CC(N)CN(c2nc(C3CC3)ns2)C1. The first-order valence-corrected chi connectivity index (χ1v) is 6.84. The monoisotopic (exact) mass is 238 g/mol. The lowest BCUT2D eigenvalue weighted by molar-refractivity contribution is 0.401. The zero-order chi connectivity index (χ0) is 11.1. The minimum Gasteiger partial charge on any atom is -0.345 e. The summed E-state index contributed by atoms with van der Waals surface area (Å²) in [6.45, 7) is 4.27. The fraction of sp³-hybridized carbons (Fsp3) is 0.818. The second-order valence-corrected chi connectivity index (χ2v) is 5.95. The molecular formula is C11H18N4S. The number of hydrogen-bond acceptors (Lipinski definition) is 5.